The number of hydrogen-bond donors (Lipinski definition) is 0. The second-order valence-corrected chi connectivity index (χ2v) is 8.38. The van der Waals surface area contributed by atoms with E-state index in [4.69, 9.17) is 4.74 Å². The summed E-state index contributed by atoms with van der Waals surface area (Å²) in [6.45, 7) is 23.2. The monoisotopic (exact) mass is 318 g/mol. The third kappa shape index (κ3) is 3.75. The van der Waals surface area contributed by atoms with Crippen LogP contribution in [-0.2, 0) is 0 Å². The van der Waals surface area contributed by atoms with Gasteiger partial charge in [-0.1, -0.05) is 69.2 Å². The molecule has 0 saturated carbocycles. The zero-order valence-corrected chi connectivity index (χ0v) is 17.3. The molecule has 0 N–H and O–H groups in total. The minimum Gasteiger partial charge on any atom is -0.496 e. The summed E-state index contributed by atoms with van der Waals surface area (Å²) in [5.74, 6) is 3.64. The molecule has 1 aromatic rings. The first-order valence-corrected chi connectivity index (χ1v) is 9.33. The van der Waals surface area contributed by atoms with Crippen molar-refractivity contribution in [2.45, 2.75) is 98.8 Å². The molecule has 0 radical (unpaired) electrons. The van der Waals surface area contributed by atoms with Gasteiger partial charge >= 0.3 is 0 Å². The molecule has 0 aliphatic heterocycles. The predicted molar refractivity (Wildman–Crippen MR) is 103 cm³/mol. The zero-order chi connectivity index (χ0) is 18.1. The predicted octanol–water partition coefficient (Wildman–Crippen LogP) is 7.31. The van der Waals surface area contributed by atoms with Crippen LogP contribution >= 0.6 is 0 Å². The smallest absolute Gasteiger partial charge is 0.126 e. The van der Waals surface area contributed by atoms with Crippen LogP contribution in [-0.4, -0.2) is 7.11 Å². The minimum absolute atomic E-state index is 0.471. The highest BCUT2D eigenvalue weighted by Crippen LogP contribution is 2.48. The Hall–Kier alpha value is -0.980. The Bertz CT molecular complexity index is 492. The van der Waals surface area contributed by atoms with E-state index in [1.54, 1.807) is 5.56 Å². The number of ether oxygens (including phenoxy) is 1. The Morgan fingerprint density at radius 3 is 0.826 bits per heavy atom. The molecule has 1 heteroatoms. The van der Waals surface area contributed by atoms with Crippen LogP contribution < -0.4 is 4.74 Å². The molecule has 0 saturated heterocycles. The summed E-state index contributed by atoms with van der Waals surface area (Å²) in [7, 11) is 1.84. The van der Waals surface area contributed by atoms with Crippen molar-refractivity contribution >= 4 is 0 Å². The van der Waals surface area contributed by atoms with Crippen molar-refractivity contribution in [1.29, 1.82) is 0 Å². The van der Waals surface area contributed by atoms with Gasteiger partial charge in [0.25, 0.3) is 0 Å². The van der Waals surface area contributed by atoms with Gasteiger partial charge in [-0.3, -0.25) is 0 Å². The number of hydrogen-bond acceptors (Lipinski definition) is 1. The maximum Gasteiger partial charge on any atom is 0.126 e. The van der Waals surface area contributed by atoms with Crippen LogP contribution in [0.5, 0.6) is 5.75 Å². The molecule has 0 bridgehead atoms. The molecule has 0 fully saturated rings. The van der Waals surface area contributed by atoms with Gasteiger partial charge in [0.15, 0.2) is 0 Å². The third-order valence-corrected chi connectivity index (χ3v) is 4.74. The van der Waals surface area contributed by atoms with Crippen LogP contribution in [0.1, 0.15) is 127 Å². The lowest BCUT2D eigenvalue weighted by atomic mass is 9.73. The van der Waals surface area contributed by atoms with Crippen LogP contribution in [0.25, 0.3) is 0 Å². The summed E-state index contributed by atoms with van der Waals surface area (Å²) in [5, 5.41) is 0. The van der Waals surface area contributed by atoms with E-state index < -0.39 is 0 Å². The Labute approximate surface area is 144 Å². The second kappa shape index (κ2) is 7.73. The van der Waals surface area contributed by atoms with Gasteiger partial charge in [-0.15, -0.1) is 0 Å². The summed E-state index contributed by atoms with van der Waals surface area (Å²) in [6, 6.07) is 0. The van der Waals surface area contributed by atoms with E-state index in [9.17, 15) is 0 Å². The third-order valence-electron chi connectivity index (χ3n) is 4.74. The van der Waals surface area contributed by atoms with Crippen molar-refractivity contribution in [2.75, 3.05) is 7.11 Å². The first-order chi connectivity index (χ1) is 10.6. The second-order valence-electron chi connectivity index (χ2n) is 8.38. The van der Waals surface area contributed by atoms with E-state index in [1.165, 1.54) is 22.3 Å². The molecule has 1 nitrogen and oxygen atoms in total. The van der Waals surface area contributed by atoms with Gasteiger partial charge in [0.05, 0.1) is 7.11 Å². The van der Waals surface area contributed by atoms with Gasteiger partial charge in [-0.2, -0.15) is 0 Å². The SMILES string of the molecule is COc1c(C(C)C)c(C(C)C)c(C(C)C)c(C(C)C)c1C(C)C. The van der Waals surface area contributed by atoms with Crippen molar-refractivity contribution in [3.8, 4) is 5.75 Å². The lowest BCUT2D eigenvalue weighted by Gasteiger charge is -2.33. The molecule has 0 spiro atoms. The number of rotatable bonds is 6. The van der Waals surface area contributed by atoms with E-state index in [-0.39, 0.29) is 0 Å². The van der Waals surface area contributed by atoms with Gasteiger partial charge in [0, 0.05) is 11.1 Å². The van der Waals surface area contributed by atoms with E-state index in [0.717, 1.165) is 5.75 Å². The Morgan fingerprint density at radius 2 is 0.652 bits per heavy atom. The molecule has 0 atom stereocenters. The molecule has 0 amide bonds. The molecule has 0 unspecified atom stereocenters. The Kier molecular flexibility index (Phi) is 6.74. The fourth-order valence-electron chi connectivity index (χ4n) is 4.06. The normalized spacial score (nSPS) is 12.3. The topological polar surface area (TPSA) is 9.23 Å². The molecular weight excluding hydrogens is 280 g/mol. The highest BCUT2D eigenvalue weighted by molar-refractivity contribution is 5.61. The largest absolute Gasteiger partial charge is 0.496 e. The molecule has 23 heavy (non-hydrogen) atoms. The van der Waals surface area contributed by atoms with Crippen molar-refractivity contribution in [1.82, 2.24) is 0 Å². The van der Waals surface area contributed by atoms with Crippen LogP contribution in [0.3, 0.4) is 0 Å². The van der Waals surface area contributed by atoms with Crippen molar-refractivity contribution in [2.24, 2.45) is 0 Å². The average Bonchev–Trinajstić information content (AvgIpc) is 2.42. The Balaban J connectivity index is 4.15. The van der Waals surface area contributed by atoms with E-state index in [0.29, 0.717) is 29.6 Å². The average molecular weight is 319 g/mol. The van der Waals surface area contributed by atoms with Gasteiger partial charge in [0.1, 0.15) is 5.75 Å². The van der Waals surface area contributed by atoms with Crippen molar-refractivity contribution < 1.29 is 4.74 Å². The molecule has 0 heterocycles. The van der Waals surface area contributed by atoms with E-state index >= 15 is 0 Å². The van der Waals surface area contributed by atoms with Crippen molar-refractivity contribution in [3.05, 3.63) is 27.8 Å². The Morgan fingerprint density at radius 1 is 0.435 bits per heavy atom. The maximum atomic E-state index is 6.02. The standard InChI is InChI=1S/C22H38O/c1-12(2)17-18(13(3)4)20(15(7)8)22(23-11)21(16(9)10)19(17)14(5)6/h12-16H,1-11H3. The summed E-state index contributed by atoms with van der Waals surface area (Å²) >= 11 is 0. The van der Waals surface area contributed by atoms with Gasteiger partial charge < -0.3 is 4.74 Å². The first-order valence-electron chi connectivity index (χ1n) is 9.33. The molecule has 0 aliphatic rings. The fourth-order valence-corrected chi connectivity index (χ4v) is 4.06. The van der Waals surface area contributed by atoms with Crippen molar-refractivity contribution in [3.63, 3.8) is 0 Å². The first kappa shape index (κ1) is 20.1. The molecule has 132 valence electrons. The van der Waals surface area contributed by atoms with Crippen LogP contribution in [0.2, 0.25) is 0 Å². The zero-order valence-electron chi connectivity index (χ0n) is 17.3. The molecular formula is C22H38O. The van der Waals surface area contributed by atoms with Crippen LogP contribution in [0.4, 0.5) is 0 Å². The van der Waals surface area contributed by atoms with Gasteiger partial charge in [-0.05, 0) is 46.3 Å². The van der Waals surface area contributed by atoms with Gasteiger partial charge in [0.2, 0.25) is 0 Å². The quantitative estimate of drug-likeness (QED) is 0.534. The molecule has 0 aromatic heterocycles. The molecule has 0 aliphatic carbocycles. The van der Waals surface area contributed by atoms with E-state index in [2.05, 4.69) is 69.2 Å². The molecule has 1 rings (SSSR count). The fraction of sp³-hybridized carbons (Fsp3) is 0.727. The summed E-state index contributed by atoms with van der Waals surface area (Å²) in [5.41, 5.74) is 7.49. The maximum absolute atomic E-state index is 6.02. The number of benzene rings is 1. The minimum atomic E-state index is 0.471. The summed E-state index contributed by atoms with van der Waals surface area (Å²) < 4.78 is 6.02. The highest BCUT2D eigenvalue weighted by Gasteiger charge is 2.30. The van der Waals surface area contributed by atoms with Gasteiger partial charge in [-0.25, -0.2) is 0 Å². The number of methoxy groups -OCH3 is 1. The van der Waals surface area contributed by atoms with E-state index in [1.807, 2.05) is 7.11 Å². The summed E-state index contributed by atoms with van der Waals surface area (Å²) in [6.07, 6.45) is 0. The lowest BCUT2D eigenvalue weighted by Crippen LogP contribution is -2.16. The highest BCUT2D eigenvalue weighted by atomic mass is 16.5. The summed E-state index contributed by atoms with van der Waals surface area (Å²) in [4.78, 5) is 0. The lowest BCUT2D eigenvalue weighted by molar-refractivity contribution is 0.396. The van der Waals surface area contributed by atoms with Crippen LogP contribution in [0, 0.1) is 0 Å². The molecule has 1 aromatic carbocycles. The van der Waals surface area contributed by atoms with Crippen LogP contribution in [0.15, 0.2) is 0 Å².